The molecule has 1 heterocycles. The van der Waals surface area contributed by atoms with Gasteiger partial charge in [0.15, 0.2) is 0 Å². The van der Waals surface area contributed by atoms with E-state index in [9.17, 15) is 5.53 Å². The van der Waals surface area contributed by atoms with Crippen LogP contribution in [0.5, 0.6) is 0 Å². The molecule has 0 aromatic heterocycles. The van der Waals surface area contributed by atoms with Crippen LogP contribution in [0.4, 0.5) is 0 Å². The van der Waals surface area contributed by atoms with E-state index in [1.165, 1.54) is 183 Å². The average molecular weight is 942 g/mol. The quantitative estimate of drug-likeness (QED) is 0.0265. The number of aryl methyl sites for hydroxylation is 4. The van der Waals surface area contributed by atoms with E-state index >= 15 is 0 Å². The Morgan fingerprint density at radius 3 is 1.11 bits per heavy atom. The Kier molecular flexibility index (Phi) is 27.5. The SMILES string of the molecule is CCCCCCCCC1=C(c2cccc(CCCCCCCC)c2)[N+](=[N-])C(c2cccc(CCCCCCCC)c2)=C1CCCC.c1ccc(C[CH2][Pd][CH2]Cc2ccccc2)cc1. The zero-order chi connectivity index (χ0) is 44.6. The number of hydrogen-bond acceptors (Lipinski definition) is 0. The van der Waals surface area contributed by atoms with Gasteiger partial charge < -0.3 is 5.53 Å². The number of hydrogen-bond donors (Lipinski definition) is 0. The molecule has 4 aromatic carbocycles. The second kappa shape index (κ2) is 33.2. The molecule has 0 radical (unpaired) electrons. The van der Waals surface area contributed by atoms with Crippen LogP contribution in [0.25, 0.3) is 16.9 Å². The molecule has 0 spiro atoms. The van der Waals surface area contributed by atoms with E-state index in [1.807, 2.05) is 0 Å². The van der Waals surface area contributed by atoms with E-state index in [-0.39, 0.29) is 0 Å². The summed E-state index contributed by atoms with van der Waals surface area (Å²) >= 11 is 0.891. The minimum absolute atomic E-state index is 0.891. The number of benzene rings is 4. The van der Waals surface area contributed by atoms with Crippen molar-refractivity contribution in [3.8, 4) is 0 Å². The van der Waals surface area contributed by atoms with Crippen LogP contribution in [0.2, 0.25) is 9.79 Å². The van der Waals surface area contributed by atoms with Crippen molar-refractivity contribution >= 4 is 11.4 Å². The van der Waals surface area contributed by atoms with Crippen LogP contribution in [-0.4, -0.2) is 4.70 Å². The first-order valence-corrected chi connectivity index (χ1v) is 28.0. The van der Waals surface area contributed by atoms with Crippen LogP contribution in [-0.2, 0) is 43.7 Å². The van der Waals surface area contributed by atoms with Crippen molar-refractivity contribution in [3.05, 3.63) is 159 Å². The Morgan fingerprint density at radius 1 is 0.349 bits per heavy atom. The maximum absolute atomic E-state index is 12.2. The zero-order valence-corrected chi connectivity index (χ0v) is 42.0. The third-order valence-electron chi connectivity index (χ3n) is 12.6. The molecule has 1 aliphatic heterocycles. The van der Waals surface area contributed by atoms with Gasteiger partial charge in [-0.2, -0.15) is 0 Å². The molecular formula is C60H86N2Pd. The summed E-state index contributed by atoms with van der Waals surface area (Å²) in [5.74, 6) is 0. The van der Waals surface area contributed by atoms with Crippen molar-refractivity contribution in [1.29, 1.82) is 0 Å². The fourth-order valence-electron chi connectivity index (χ4n) is 8.85. The summed E-state index contributed by atoms with van der Waals surface area (Å²) in [5.41, 5.74) is 25.1. The summed E-state index contributed by atoms with van der Waals surface area (Å²) in [4.78, 5) is 2.70. The molecule has 0 N–H and O–H groups in total. The average Bonchev–Trinajstić information content (AvgIpc) is 3.60. The molecule has 346 valence electrons. The second-order valence-electron chi connectivity index (χ2n) is 18.0. The molecule has 3 heteroatoms. The predicted octanol–water partition coefficient (Wildman–Crippen LogP) is 19.0. The standard InChI is InChI=1S/C44H68N2.2C8H9.Pd/c1-5-9-13-16-19-22-27-37-29-25-31-39(35-37)43-41(33-12-8-4)42(34-24-21-18-15-11-7-3)44(46(43)45)40-32-26-30-38(36-40)28-23-20-17-14-10-6-2;2*1-2-8-6-4-3-5-7-8;/h25-26,29-32,35-36H,5-24,27-28,33-34H2,1-4H3;2*3-7H,1-2H2;. The second-order valence-corrected chi connectivity index (χ2v) is 20.3. The summed E-state index contributed by atoms with van der Waals surface area (Å²) < 4.78 is 1.60. The van der Waals surface area contributed by atoms with Gasteiger partial charge in [0, 0.05) is 22.3 Å². The van der Waals surface area contributed by atoms with Crippen LogP contribution in [0.1, 0.15) is 202 Å². The van der Waals surface area contributed by atoms with Crippen LogP contribution in [0.15, 0.2) is 120 Å². The van der Waals surface area contributed by atoms with Gasteiger partial charge in [0.2, 0.25) is 11.4 Å². The monoisotopic (exact) mass is 941 g/mol. The van der Waals surface area contributed by atoms with Crippen molar-refractivity contribution in [2.45, 2.75) is 204 Å². The molecule has 0 aliphatic carbocycles. The summed E-state index contributed by atoms with van der Waals surface area (Å²) in [6.07, 6.45) is 32.7. The van der Waals surface area contributed by atoms with Crippen molar-refractivity contribution in [3.63, 3.8) is 0 Å². The summed E-state index contributed by atoms with van der Waals surface area (Å²) in [6.45, 7) is 9.15. The van der Waals surface area contributed by atoms with Crippen LogP contribution in [0.3, 0.4) is 0 Å². The van der Waals surface area contributed by atoms with E-state index in [0.717, 1.165) is 67.9 Å². The molecule has 0 bridgehead atoms. The van der Waals surface area contributed by atoms with Crippen LogP contribution < -0.4 is 0 Å². The molecule has 1 aliphatic rings. The number of unbranched alkanes of at least 4 members (excludes halogenated alkanes) is 16. The van der Waals surface area contributed by atoms with Gasteiger partial charge in [0.25, 0.3) is 0 Å². The molecule has 0 saturated heterocycles. The van der Waals surface area contributed by atoms with Gasteiger partial charge in [-0.05, 0) is 86.8 Å². The van der Waals surface area contributed by atoms with Crippen LogP contribution >= 0.6 is 0 Å². The third-order valence-corrected chi connectivity index (χ3v) is 14.5. The Labute approximate surface area is 395 Å². The van der Waals surface area contributed by atoms with Crippen molar-refractivity contribution in [2.24, 2.45) is 0 Å². The number of rotatable bonds is 32. The summed E-state index contributed by atoms with van der Waals surface area (Å²) in [6, 6.07) is 39.8. The van der Waals surface area contributed by atoms with Crippen molar-refractivity contribution < 1.29 is 22.7 Å². The van der Waals surface area contributed by atoms with E-state index in [2.05, 4.69) is 137 Å². The first-order valence-electron chi connectivity index (χ1n) is 25.8. The van der Waals surface area contributed by atoms with E-state index < -0.39 is 0 Å². The Balaban J connectivity index is 0.000000424. The van der Waals surface area contributed by atoms with Crippen molar-refractivity contribution in [2.75, 3.05) is 0 Å². The fraction of sp³-hybridized carbons (Fsp3) is 0.533. The van der Waals surface area contributed by atoms with E-state index in [1.54, 1.807) is 4.70 Å². The molecule has 0 unspecified atom stereocenters. The van der Waals surface area contributed by atoms with Crippen LogP contribution in [0, 0.1) is 0 Å². The van der Waals surface area contributed by atoms with E-state index in [0.29, 0.717) is 0 Å². The summed E-state index contributed by atoms with van der Waals surface area (Å²) in [5, 5.41) is 0. The normalized spacial score (nSPS) is 12.7. The topological polar surface area (TPSA) is 25.3 Å². The number of allylic oxidation sites excluding steroid dienone is 2. The van der Waals surface area contributed by atoms with Gasteiger partial charge in [-0.1, -0.05) is 155 Å². The molecule has 0 atom stereocenters. The molecular weight excluding hydrogens is 855 g/mol. The molecule has 4 aromatic rings. The minimum atomic E-state index is 0.891. The van der Waals surface area contributed by atoms with Gasteiger partial charge in [-0.25, -0.2) is 4.70 Å². The molecule has 0 fully saturated rings. The number of nitrogens with zero attached hydrogens (tertiary/aromatic N) is 2. The molecule has 0 amide bonds. The molecule has 5 rings (SSSR count). The maximum atomic E-state index is 12.2. The molecule has 0 saturated carbocycles. The Morgan fingerprint density at radius 2 is 0.698 bits per heavy atom. The zero-order valence-electron chi connectivity index (χ0n) is 40.4. The first-order chi connectivity index (χ1) is 31.1. The van der Waals surface area contributed by atoms with Gasteiger partial charge in [0.1, 0.15) is 0 Å². The Hall–Kier alpha value is -3.38. The van der Waals surface area contributed by atoms with E-state index in [4.69, 9.17) is 0 Å². The fourth-order valence-corrected chi connectivity index (χ4v) is 10.7. The third kappa shape index (κ3) is 20.1. The van der Waals surface area contributed by atoms with Gasteiger partial charge in [-0.3, -0.25) is 0 Å². The molecule has 2 nitrogen and oxygen atoms in total. The summed E-state index contributed by atoms with van der Waals surface area (Å²) in [7, 11) is 0. The first kappa shape index (κ1) is 52.2. The Bertz CT molecular complexity index is 1830. The van der Waals surface area contributed by atoms with Gasteiger partial charge in [0.05, 0.1) is 0 Å². The van der Waals surface area contributed by atoms with Crippen molar-refractivity contribution in [1.82, 2.24) is 0 Å². The van der Waals surface area contributed by atoms with Gasteiger partial charge >= 0.3 is 112 Å². The predicted molar refractivity (Wildman–Crippen MR) is 272 cm³/mol. The molecule has 63 heavy (non-hydrogen) atoms. The van der Waals surface area contributed by atoms with Gasteiger partial charge in [-0.15, -0.1) is 0 Å².